The molecule has 0 aliphatic carbocycles. The Morgan fingerprint density at radius 1 is 1.25 bits per heavy atom. The van der Waals surface area contributed by atoms with Crippen LogP contribution in [0.4, 0.5) is 8.78 Å². The van der Waals surface area contributed by atoms with E-state index in [1.54, 1.807) is 0 Å². The zero-order valence-corrected chi connectivity index (χ0v) is 9.18. The van der Waals surface area contributed by atoms with Crippen molar-refractivity contribution in [3.8, 4) is 0 Å². The van der Waals surface area contributed by atoms with Crippen molar-refractivity contribution in [2.45, 2.75) is 13.0 Å². The van der Waals surface area contributed by atoms with Crippen molar-refractivity contribution < 1.29 is 8.78 Å². The van der Waals surface area contributed by atoms with Crippen LogP contribution in [0.2, 0.25) is 0 Å². The molecule has 0 radical (unpaired) electrons. The number of halogens is 2. The minimum Gasteiger partial charge on any atom is -0.296 e. The minimum absolute atomic E-state index is 0.138. The molecule has 0 saturated carbocycles. The van der Waals surface area contributed by atoms with Gasteiger partial charge < -0.3 is 0 Å². The first-order valence-corrected chi connectivity index (χ1v) is 5.19. The lowest BCUT2D eigenvalue weighted by atomic mass is 10.2. The fourth-order valence-electron chi connectivity index (χ4n) is 1.45. The minimum atomic E-state index is -2.52. The Balaban J connectivity index is 2.26. The zero-order valence-electron chi connectivity index (χ0n) is 8.36. The zero-order chi connectivity index (χ0) is 11.5. The van der Waals surface area contributed by atoms with Gasteiger partial charge in [-0.05, 0) is 5.56 Å². The molecule has 84 valence electrons. The molecule has 1 aromatic carbocycles. The Hall–Kier alpha value is -1.49. The Labute approximate surface area is 96.5 Å². The predicted molar refractivity (Wildman–Crippen MR) is 60.1 cm³/mol. The number of nitrogens with zero attached hydrogens (tertiary/aromatic N) is 1. The number of alkyl halides is 2. The van der Waals surface area contributed by atoms with E-state index < -0.39 is 6.43 Å². The van der Waals surface area contributed by atoms with E-state index in [9.17, 15) is 8.78 Å². The Morgan fingerprint density at radius 2 is 1.94 bits per heavy atom. The van der Waals surface area contributed by atoms with Crippen LogP contribution in [-0.2, 0) is 6.54 Å². The maximum atomic E-state index is 12.4. The fraction of sp³-hybridized carbons (Fsp3) is 0.182. The molecule has 0 unspecified atom stereocenters. The normalized spacial score (nSPS) is 10.9. The van der Waals surface area contributed by atoms with Crippen molar-refractivity contribution in [2.24, 2.45) is 0 Å². The molecule has 16 heavy (non-hydrogen) atoms. The van der Waals surface area contributed by atoms with E-state index in [-0.39, 0.29) is 5.69 Å². The van der Waals surface area contributed by atoms with Gasteiger partial charge in [-0.1, -0.05) is 42.5 Å². The summed E-state index contributed by atoms with van der Waals surface area (Å²) < 4.78 is 26.7. The Morgan fingerprint density at radius 3 is 2.50 bits per heavy atom. The summed E-state index contributed by atoms with van der Waals surface area (Å²) in [6, 6.07) is 10.8. The quantitative estimate of drug-likeness (QED) is 0.814. The number of hydrogen-bond acceptors (Lipinski definition) is 1. The van der Waals surface area contributed by atoms with E-state index >= 15 is 0 Å². The first kappa shape index (κ1) is 11.0. The van der Waals surface area contributed by atoms with Gasteiger partial charge in [0.15, 0.2) is 0 Å². The van der Waals surface area contributed by atoms with E-state index in [1.807, 2.05) is 30.3 Å². The van der Waals surface area contributed by atoms with Gasteiger partial charge in [-0.15, -0.1) is 0 Å². The van der Waals surface area contributed by atoms with Crippen LogP contribution in [-0.4, -0.2) is 9.78 Å². The summed E-state index contributed by atoms with van der Waals surface area (Å²) in [5, 5.41) is 2.59. The van der Waals surface area contributed by atoms with Crippen LogP contribution in [0.3, 0.4) is 0 Å². The first-order valence-electron chi connectivity index (χ1n) is 4.78. The van der Waals surface area contributed by atoms with Gasteiger partial charge in [0.05, 0.1) is 6.54 Å². The largest absolute Gasteiger partial charge is 0.296 e. The van der Waals surface area contributed by atoms with E-state index in [2.05, 4.69) is 5.10 Å². The van der Waals surface area contributed by atoms with E-state index in [0.29, 0.717) is 11.2 Å². The summed E-state index contributed by atoms with van der Waals surface area (Å²) in [6.07, 6.45) is -2.52. The first-order chi connectivity index (χ1) is 7.66. The van der Waals surface area contributed by atoms with Crippen molar-refractivity contribution in [1.29, 1.82) is 0 Å². The molecule has 0 atom stereocenters. The molecule has 0 aliphatic rings. The standard InChI is InChI=1S/C11H10F2N2S/c12-11(13)9-6-10(16)15(14-9)7-8-4-2-1-3-5-8/h1-6,11,14H,7H2. The summed E-state index contributed by atoms with van der Waals surface area (Å²) >= 11 is 4.99. The SMILES string of the molecule is FC(F)c1cc(=S)n(Cc2ccccc2)[nH]1. The third-order valence-corrected chi connectivity index (χ3v) is 2.57. The third kappa shape index (κ3) is 2.36. The molecule has 5 heteroatoms. The number of aromatic amines is 1. The summed E-state index contributed by atoms with van der Waals surface area (Å²) in [4.78, 5) is 0. The molecule has 0 bridgehead atoms. The van der Waals surface area contributed by atoms with Crippen LogP contribution in [0.1, 0.15) is 17.7 Å². The van der Waals surface area contributed by atoms with Crippen LogP contribution in [0.15, 0.2) is 36.4 Å². The van der Waals surface area contributed by atoms with Crippen molar-refractivity contribution in [2.75, 3.05) is 0 Å². The number of H-pyrrole nitrogens is 1. The highest BCUT2D eigenvalue weighted by atomic mass is 32.1. The maximum absolute atomic E-state index is 12.4. The smallest absolute Gasteiger partial charge is 0.279 e. The highest BCUT2D eigenvalue weighted by molar-refractivity contribution is 7.71. The van der Waals surface area contributed by atoms with E-state index in [1.165, 1.54) is 10.7 Å². The molecular formula is C11H10F2N2S. The van der Waals surface area contributed by atoms with Gasteiger partial charge in [0.1, 0.15) is 10.3 Å². The maximum Gasteiger partial charge on any atom is 0.279 e. The average Bonchev–Trinajstić information content (AvgIpc) is 2.62. The van der Waals surface area contributed by atoms with Gasteiger partial charge in [-0.3, -0.25) is 9.78 Å². The van der Waals surface area contributed by atoms with Crippen LogP contribution in [0, 0.1) is 4.64 Å². The van der Waals surface area contributed by atoms with E-state index in [0.717, 1.165) is 5.56 Å². The van der Waals surface area contributed by atoms with Gasteiger partial charge in [0.25, 0.3) is 6.43 Å². The van der Waals surface area contributed by atoms with Gasteiger partial charge in [-0.2, -0.15) is 0 Å². The number of benzene rings is 1. The summed E-state index contributed by atoms with van der Waals surface area (Å²) in [5.74, 6) is 0. The van der Waals surface area contributed by atoms with Crippen LogP contribution < -0.4 is 0 Å². The summed E-state index contributed by atoms with van der Waals surface area (Å²) in [7, 11) is 0. The van der Waals surface area contributed by atoms with Gasteiger partial charge in [0, 0.05) is 6.07 Å². The molecule has 2 rings (SSSR count). The molecule has 0 aliphatic heterocycles. The molecule has 0 spiro atoms. The van der Waals surface area contributed by atoms with Crippen LogP contribution >= 0.6 is 12.2 Å². The Bertz CT molecular complexity index is 516. The van der Waals surface area contributed by atoms with Crippen molar-refractivity contribution in [3.05, 3.63) is 52.3 Å². The predicted octanol–water partition coefficient (Wildman–Crippen LogP) is 3.53. The van der Waals surface area contributed by atoms with Crippen molar-refractivity contribution in [1.82, 2.24) is 9.78 Å². The molecule has 1 aromatic heterocycles. The monoisotopic (exact) mass is 240 g/mol. The molecule has 0 fully saturated rings. The second-order valence-electron chi connectivity index (χ2n) is 3.42. The molecule has 1 heterocycles. The molecule has 2 nitrogen and oxygen atoms in total. The van der Waals surface area contributed by atoms with Crippen LogP contribution in [0.5, 0.6) is 0 Å². The van der Waals surface area contributed by atoms with Crippen molar-refractivity contribution in [3.63, 3.8) is 0 Å². The Kier molecular flexibility index (Phi) is 3.14. The molecule has 1 N–H and O–H groups in total. The second-order valence-corrected chi connectivity index (χ2v) is 3.84. The average molecular weight is 240 g/mol. The molecular weight excluding hydrogens is 230 g/mol. The van der Waals surface area contributed by atoms with Gasteiger partial charge >= 0.3 is 0 Å². The lowest BCUT2D eigenvalue weighted by molar-refractivity contribution is 0.145. The third-order valence-electron chi connectivity index (χ3n) is 2.23. The number of hydrogen-bond donors (Lipinski definition) is 1. The number of aromatic nitrogens is 2. The van der Waals surface area contributed by atoms with Crippen LogP contribution in [0.25, 0.3) is 0 Å². The van der Waals surface area contributed by atoms with E-state index in [4.69, 9.17) is 12.2 Å². The second kappa shape index (κ2) is 4.57. The highest BCUT2D eigenvalue weighted by Gasteiger charge is 2.10. The number of nitrogens with one attached hydrogen (secondary N) is 1. The van der Waals surface area contributed by atoms with Gasteiger partial charge in [0.2, 0.25) is 0 Å². The van der Waals surface area contributed by atoms with Gasteiger partial charge in [-0.25, -0.2) is 8.78 Å². The molecule has 0 saturated heterocycles. The lowest BCUT2D eigenvalue weighted by Gasteiger charge is -2.03. The van der Waals surface area contributed by atoms with Crippen molar-refractivity contribution >= 4 is 12.2 Å². The number of rotatable bonds is 3. The summed E-state index contributed by atoms with van der Waals surface area (Å²) in [5.41, 5.74) is 0.877. The lowest BCUT2D eigenvalue weighted by Crippen LogP contribution is -2.02. The highest BCUT2D eigenvalue weighted by Crippen LogP contribution is 2.17. The summed E-state index contributed by atoms with van der Waals surface area (Å²) in [6.45, 7) is 0.479. The molecule has 2 aromatic rings. The topological polar surface area (TPSA) is 20.7 Å². The fourth-order valence-corrected chi connectivity index (χ4v) is 1.69. The molecule has 0 amide bonds.